The van der Waals surface area contributed by atoms with Gasteiger partial charge in [0.2, 0.25) is 5.91 Å². The predicted octanol–water partition coefficient (Wildman–Crippen LogP) is 2.93. The average Bonchev–Trinajstić information content (AvgIpc) is 2.62. The van der Waals surface area contributed by atoms with E-state index in [9.17, 15) is 17.6 Å². The summed E-state index contributed by atoms with van der Waals surface area (Å²) in [6.07, 6.45) is 0. The van der Waals surface area contributed by atoms with Crippen molar-refractivity contribution in [3.8, 4) is 0 Å². The van der Waals surface area contributed by atoms with Crippen molar-refractivity contribution in [2.45, 2.75) is 26.8 Å². The smallest absolute Gasteiger partial charge is 0.304 e. The molecule has 0 aliphatic rings. The monoisotopic (exact) mass is 407 g/mol. The second-order valence-electron chi connectivity index (χ2n) is 6.90. The molecule has 2 rings (SSSR count). The van der Waals surface area contributed by atoms with Crippen LogP contribution in [0.3, 0.4) is 0 Å². The number of para-hydroxylation sites is 1. The van der Waals surface area contributed by atoms with Crippen LogP contribution in [0, 0.1) is 19.7 Å². The summed E-state index contributed by atoms with van der Waals surface area (Å²) in [4.78, 5) is 12.6. The van der Waals surface area contributed by atoms with E-state index in [2.05, 4.69) is 5.32 Å². The zero-order valence-corrected chi connectivity index (χ0v) is 17.5. The Labute approximate surface area is 166 Å². The van der Waals surface area contributed by atoms with Gasteiger partial charge in [-0.1, -0.05) is 35.9 Å². The molecule has 6 nitrogen and oxygen atoms in total. The maximum absolute atomic E-state index is 14.3. The van der Waals surface area contributed by atoms with Crippen molar-refractivity contribution in [2.24, 2.45) is 0 Å². The molecule has 1 amide bonds. The number of carbonyl (C=O) groups excluding carboxylic acids is 1. The molecule has 0 unspecified atom stereocenters. The number of nitrogens with zero attached hydrogens (tertiary/aromatic N) is 2. The molecule has 1 atom stereocenters. The maximum Gasteiger partial charge on any atom is 0.304 e. The van der Waals surface area contributed by atoms with Crippen LogP contribution in [-0.4, -0.2) is 39.3 Å². The summed E-state index contributed by atoms with van der Waals surface area (Å²) in [6, 6.07) is 11.1. The number of aryl methyl sites for hydroxylation is 2. The first-order valence-corrected chi connectivity index (χ1v) is 10.2. The second kappa shape index (κ2) is 8.70. The summed E-state index contributed by atoms with van der Waals surface area (Å²) in [6.45, 7) is 5.20. The van der Waals surface area contributed by atoms with E-state index >= 15 is 0 Å². The molecule has 2 aromatic rings. The van der Waals surface area contributed by atoms with Gasteiger partial charge >= 0.3 is 10.2 Å². The van der Waals surface area contributed by atoms with Gasteiger partial charge in [-0.2, -0.15) is 12.7 Å². The lowest BCUT2D eigenvalue weighted by atomic mass is 10.00. The Morgan fingerprint density at radius 2 is 1.79 bits per heavy atom. The number of hydrogen-bond donors (Lipinski definition) is 1. The Balaban J connectivity index is 2.28. The van der Waals surface area contributed by atoms with Crippen molar-refractivity contribution in [2.75, 3.05) is 24.9 Å². The minimum Gasteiger partial charge on any atom is -0.348 e. The third kappa shape index (κ3) is 4.88. The molecule has 0 spiro atoms. The molecule has 2 aromatic carbocycles. The molecule has 0 aromatic heterocycles. The number of nitrogens with one attached hydrogen (secondary N) is 1. The van der Waals surface area contributed by atoms with Crippen LogP contribution in [0.1, 0.15) is 29.7 Å². The molecular weight excluding hydrogens is 381 g/mol. The number of anilines is 1. The third-order valence-corrected chi connectivity index (χ3v) is 6.23. The van der Waals surface area contributed by atoms with E-state index < -0.39 is 28.5 Å². The molecule has 0 aliphatic carbocycles. The van der Waals surface area contributed by atoms with Crippen molar-refractivity contribution in [1.29, 1.82) is 0 Å². The first kappa shape index (κ1) is 21.8. The Kier molecular flexibility index (Phi) is 6.79. The first-order chi connectivity index (χ1) is 13.0. The van der Waals surface area contributed by atoms with E-state index in [1.54, 1.807) is 0 Å². The van der Waals surface area contributed by atoms with Crippen LogP contribution in [0.2, 0.25) is 0 Å². The summed E-state index contributed by atoms with van der Waals surface area (Å²) >= 11 is 0. The summed E-state index contributed by atoms with van der Waals surface area (Å²) in [7, 11) is -1.39. The maximum atomic E-state index is 14.3. The Hall–Kier alpha value is -2.45. The lowest BCUT2D eigenvalue weighted by Gasteiger charge is -2.28. The van der Waals surface area contributed by atoms with E-state index in [-0.39, 0.29) is 11.7 Å². The van der Waals surface area contributed by atoms with Crippen molar-refractivity contribution < 1.29 is 17.6 Å². The van der Waals surface area contributed by atoms with Crippen molar-refractivity contribution in [3.05, 3.63) is 65.0 Å². The summed E-state index contributed by atoms with van der Waals surface area (Å²) in [5.74, 6) is -1.25. The molecule has 0 radical (unpaired) electrons. The van der Waals surface area contributed by atoms with Gasteiger partial charge in [0.15, 0.2) is 0 Å². The molecule has 0 saturated heterocycles. The van der Waals surface area contributed by atoms with E-state index in [1.807, 2.05) is 39.0 Å². The van der Waals surface area contributed by atoms with Crippen LogP contribution in [0.4, 0.5) is 10.1 Å². The largest absolute Gasteiger partial charge is 0.348 e. The van der Waals surface area contributed by atoms with Crippen molar-refractivity contribution in [3.63, 3.8) is 0 Å². The van der Waals surface area contributed by atoms with Gasteiger partial charge in [0.1, 0.15) is 12.4 Å². The van der Waals surface area contributed by atoms with Crippen LogP contribution in [-0.2, 0) is 15.0 Å². The molecule has 0 bridgehead atoms. The molecule has 0 heterocycles. The number of amides is 1. The topological polar surface area (TPSA) is 69.7 Å². The Morgan fingerprint density at radius 1 is 1.14 bits per heavy atom. The molecular formula is C20H26FN3O3S. The average molecular weight is 408 g/mol. The Morgan fingerprint density at radius 3 is 2.39 bits per heavy atom. The van der Waals surface area contributed by atoms with Gasteiger partial charge < -0.3 is 5.32 Å². The highest BCUT2D eigenvalue weighted by Crippen LogP contribution is 2.23. The minimum absolute atomic E-state index is 0.175. The van der Waals surface area contributed by atoms with Gasteiger partial charge in [-0.05, 0) is 44.0 Å². The van der Waals surface area contributed by atoms with Crippen LogP contribution < -0.4 is 9.62 Å². The molecule has 152 valence electrons. The van der Waals surface area contributed by atoms with Crippen molar-refractivity contribution in [1.82, 2.24) is 9.62 Å². The number of benzene rings is 2. The molecule has 0 fully saturated rings. The number of carbonyl (C=O) groups is 1. The standard InChI is InChI=1S/C20H26FN3O3S/c1-14-10-11-15(2)17(12-14)16(3)22-20(25)13-24(28(26,27)23(4)5)19-9-7-6-8-18(19)21/h6-12,16H,13H2,1-5H3,(H,22,25)/t16-/m0/s1. The molecule has 8 heteroatoms. The lowest BCUT2D eigenvalue weighted by Crippen LogP contribution is -2.46. The molecule has 0 saturated carbocycles. The molecule has 0 aliphatic heterocycles. The minimum atomic E-state index is -4.06. The summed E-state index contributed by atoms with van der Waals surface area (Å²) in [5, 5.41) is 2.81. The highest BCUT2D eigenvalue weighted by Gasteiger charge is 2.29. The van der Waals surface area contributed by atoms with Gasteiger partial charge in [-0.15, -0.1) is 0 Å². The lowest BCUT2D eigenvalue weighted by molar-refractivity contribution is -0.120. The number of halogens is 1. The van der Waals surface area contributed by atoms with Gasteiger partial charge in [0.25, 0.3) is 0 Å². The van der Waals surface area contributed by atoms with E-state index in [0.29, 0.717) is 0 Å². The van der Waals surface area contributed by atoms with E-state index in [0.717, 1.165) is 31.4 Å². The number of rotatable bonds is 7. The van der Waals surface area contributed by atoms with Gasteiger partial charge in [0, 0.05) is 14.1 Å². The second-order valence-corrected chi connectivity index (χ2v) is 8.96. The number of hydrogen-bond acceptors (Lipinski definition) is 3. The predicted molar refractivity (Wildman–Crippen MR) is 109 cm³/mol. The van der Waals surface area contributed by atoms with Gasteiger partial charge in [-0.3, -0.25) is 4.79 Å². The zero-order valence-electron chi connectivity index (χ0n) is 16.7. The SMILES string of the molecule is Cc1ccc(C)c([C@H](C)NC(=O)CN(c2ccccc2F)S(=O)(=O)N(C)C)c1. The van der Waals surface area contributed by atoms with Crippen LogP contribution >= 0.6 is 0 Å². The van der Waals surface area contributed by atoms with Crippen molar-refractivity contribution >= 4 is 21.8 Å². The summed E-state index contributed by atoms with van der Waals surface area (Å²) < 4.78 is 41.3. The molecule has 28 heavy (non-hydrogen) atoms. The first-order valence-electron chi connectivity index (χ1n) is 8.85. The Bertz CT molecular complexity index is 961. The zero-order chi connectivity index (χ0) is 21.1. The fourth-order valence-electron chi connectivity index (χ4n) is 2.86. The normalized spacial score (nSPS) is 12.7. The fourth-order valence-corrected chi connectivity index (χ4v) is 3.94. The van der Waals surface area contributed by atoms with Crippen LogP contribution in [0.5, 0.6) is 0 Å². The van der Waals surface area contributed by atoms with Gasteiger partial charge in [-0.25, -0.2) is 8.70 Å². The molecule has 1 N–H and O–H groups in total. The highest BCUT2D eigenvalue weighted by molar-refractivity contribution is 7.90. The fraction of sp³-hybridized carbons (Fsp3) is 0.350. The van der Waals surface area contributed by atoms with E-state index in [4.69, 9.17) is 0 Å². The highest BCUT2D eigenvalue weighted by atomic mass is 32.2. The summed E-state index contributed by atoms with van der Waals surface area (Å²) in [5.41, 5.74) is 2.85. The third-order valence-electron chi connectivity index (χ3n) is 4.43. The van der Waals surface area contributed by atoms with Crippen LogP contribution in [0.25, 0.3) is 0 Å². The quantitative estimate of drug-likeness (QED) is 0.767. The van der Waals surface area contributed by atoms with E-state index in [1.165, 1.54) is 32.3 Å². The van der Waals surface area contributed by atoms with Gasteiger partial charge in [0.05, 0.1) is 11.7 Å². The van der Waals surface area contributed by atoms with Crippen LogP contribution in [0.15, 0.2) is 42.5 Å².